The lowest BCUT2D eigenvalue weighted by molar-refractivity contribution is -0.136. The number of aryl methyl sites for hydroxylation is 1. The first-order chi connectivity index (χ1) is 28.6. The molecule has 4 aromatic rings. The molecule has 60 heavy (non-hydrogen) atoms. The van der Waals surface area contributed by atoms with E-state index in [9.17, 15) is 32.4 Å². The maximum atomic E-state index is 13.4. The second-order valence-corrected chi connectivity index (χ2v) is 17.7. The molecular formula is C42H48N10O7S. The van der Waals surface area contributed by atoms with Crippen LogP contribution in [0.25, 0.3) is 0 Å². The fourth-order valence-corrected chi connectivity index (χ4v) is 8.81. The van der Waals surface area contributed by atoms with Crippen LogP contribution >= 0.6 is 0 Å². The Kier molecular flexibility index (Phi) is 11.9. The molecule has 0 radical (unpaired) electrons. The van der Waals surface area contributed by atoms with Crippen molar-refractivity contribution in [3.05, 3.63) is 89.6 Å². The molecule has 17 nitrogen and oxygen atoms in total. The van der Waals surface area contributed by atoms with Crippen LogP contribution in [0.3, 0.4) is 0 Å². The predicted molar refractivity (Wildman–Crippen MR) is 226 cm³/mol. The quantitative estimate of drug-likeness (QED) is 0.0940. The van der Waals surface area contributed by atoms with Crippen LogP contribution in [0.4, 0.5) is 34.5 Å². The van der Waals surface area contributed by atoms with Crippen LogP contribution < -0.4 is 30.9 Å². The van der Waals surface area contributed by atoms with Gasteiger partial charge in [0.1, 0.15) is 11.9 Å². The molecule has 5 amide bonds. The van der Waals surface area contributed by atoms with Crippen molar-refractivity contribution in [3.8, 4) is 0 Å². The van der Waals surface area contributed by atoms with Crippen LogP contribution in [0.15, 0.2) is 77.8 Å². The number of aromatic nitrogens is 2. The summed E-state index contributed by atoms with van der Waals surface area (Å²) in [6.45, 7) is 10.1. The van der Waals surface area contributed by atoms with E-state index in [1.165, 1.54) is 0 Å². The van der Waals surface area contributed by atoms with Crippen molar-refractivity contribution in [2.75, 3.05) is 53.6 Å². The standard InChI is InChI=1S/C42H48N10O7S/c1-26-25-44-41(48-37(26)45-28-8-5-9-30(24-28)60(58,59)49-42(2,3)4)46-27-13-15-29(16-14-27)50-20-22-51(23-21-50)35(54)12-7-19-43-32-11-6-10-31-36(32)40(57)52(39(31)56)33-17-18-34(53)47-38(33)55/h5-6,8-11,13-16,24-25,33,43,49H,7,12,17-23H2,1-4H3,(H,47,53,55)(H2,44,45,46,48). The number of rotatable bonds is 13. The highest BCUT2D eigenvalue weighted by molar-refractivity contribution is 7.89. The first-order valence-corrected chi connectivity index (χ1v) is 21.3. The van der Waals surface area contributed by atoms with Gasteiger partial charge < -0.3 is 25.8 Å². The number of nitrogens with one attached hydrogen (secondary N) is 5. The van der Waals surface area contributed by atoms with Crippen LogP contribution in [0.5, 0.6) is 0 Å². The zero-order valence-electron chi connectivity index (χ0n) is 33.9. The largest absolute Gasteiger partial charge is 0.384 e. The number of piperazine rings is 1. The zero-order chi connectivity index (χ0) is 42.8. The number of benzene rings is 3. The predicted octanol–water partition coefficient (Wildman–Crippen LogP) is 4.29. The minimum Gasteiger partial charge on any atom is -0.384 e. The number of sulfonamides is 1. The summed E-state index contributed by atoms with van der Waals surface area (Å²) in [5.74, 6) is -1.31. The van der Waals surface area contributed by atoms with E-state index in [2.05, 4.69) is 40.9 Å². The molecule has 3 aliphatic rings. The van der Waals surface area contributed by atoms with Crippen molar-refractivity contribution in [2.45, 2.75) is 69.9 Å². The molecule has 0 aliphatic carbocycles. The molecule has 2 saturated heterocycles. The number of carbonyl (C=O) groups is 5. The maximum absolute atomic E-state index is 13.4. The molecule has 18 heteroatoms. The van der Waals surface area contributed by atoms with E-state index < -0.39 is 45.2 Å². The highest BCUT2D eigenvalue weighted by atomic mass is 32.2. The Balaban J connectivity index is 0.872. The van der Waals surface area contributed by atoms with E-state index in [-0.39, 0.29) is 34.8 Å². The molecule has 1 unspecified atom stereocenters. The molecule has 4 heterocycles. The molecular weight excluding hydrogens is 789 g/mol. The molecule has 314 valence electrons. The van der Waals surface area contributed by atoms with Gasteiger partial charge in [0.05, 0.1) is 16.0 Å². The van der Waals surface area contributed by atoms with E-state index in [0.29, 0.717) is 68.7 Å². The first kappa shape index (κ1) is 41.7. The number of hydrogen-bond donors (Lipinski definition) is 5. The fourth-order valence-electron chi connectivity index (χ4n) is 7.35. The third-order valence-corrected chi connectivity index (χ3v) is 12.0. The summed E-state index contributed by atoms with van der Waals surface area (Å²) in [4.78, 5) is 77.9. The number of anilines is 6. The van der Waals surface area contributed by atoms with Crippen LogP contribution in [0.1, 0.15) is 72.7 Å². The maximum Gasteiger partial charge on any atom is 0.264 e. The van der Waals surface area contributed by atoms with Crippen molar-refractivity contribution in [1.82, 2.24) is 29.8 Å². The highest BCUT2D eigenvalue weighted by Crippen LogP contribution is 2.33. The number of imide groups is 2. The van der Waals surface area contributed by atoms with Gasteiger partial charge in [0.15, 0.2) is 0 Å². The van der Waals surface area contributed by atoms with Gasteiger partial charge in [0, 0.05) is 85.6 Å². The summed E-state index contributed by atoms with van der Waals surface area (Å²) in [5, 5.41) is 11.9. The number of piperidine rings is 1. The average molecular weight is 837 g/mol. The minimum absolute atomic E-state index is 0.0341. The Morgan fingerprint density at radius 1 is 0.900 bits per heavy atom. The van der Waals surface area contributed by atoms with Crippen molar-refractivity contribution in [1.29, 1.82) is 0 Å². The molecule has 0 saturated carbocycles. The third kappa shape index (κ3) is 9.39. The summed E-state index contributed by atoms with van der Waals surface area (Å²) in [7, 11) is -3.72. The summed E-state index contributed by atoms with van der Waals surface area (Å²) >= 11 is 0. The first-order valence-electron chi connectivity index (χ1n) is 19.8. The Morgan fingerprint density at radius 2 is 1.63 bits per heavy atom. The number of carbonyl (C=O) groups excluding carboxylic acids is 5. The van der Waals surface area contributed by atoms with Crippen LogP contribution in [-0.4, -0.2) is 102 Å². The van der Waals surface area contributed by atoms with Crippen molar-refractivity contribution in [3.63, 3.8) is 0 Å². The number of nitrogens with zero attached hydrogens (tertiary/aromatic N) is 5. The number of amides is 5. The van der Waals surface area contributed by atoms with E-state index in [1.54, 1.807) is 69.4 Å². The molecule has 5 N–H and O–H groups in total. The van der Waals surface area contributed by atoms with E-state index >= 15 is 0 Å². The fraction of sp³-hybridized carbons (Fsp3) is 0.357. The monoisotopic (exact) mass is 836 g/mol. The Labute approximate surface area is 348 Å². The molecule has 0 bridgehead atoms. The second-order valence-electron chi connectivity index (χ2n) is 16.0. The lowest BCUT2D eigenvalue weighted by Gasteiger charge is -2.36. The summed E-state index contributed by atoms with van der Waals surface area (Å²) in [5.41, 5.74) is 3.35. The van der Waals surface area contributed by atoms with Gasteiger partial charge in [-0.2, -0.15) is 4.98 Å². The molecule has 7 rings (SSSR count). The zero-order valence-corrected chi connectivity index (χ0v) is 34.7. The van der Waals surface area contributed by atoms with Gasteiger partial charge in [-0.25, -0.2) is 18.1 Å². The second kappa shape index (κ2) is 17.1. The van der Waals surface area contributed by atoms with Gasteiger partial charge in [-0.05, 0) is 95.1 Å². The van der Waals surface area contributed by atoms with Crippen LogP contribution in [0, 0.1) is 6.92 Å². The minimum atomic E-state index is -3.72. The summed E-state index contributed by atoms with van der Waals surface area (Å²) < 4.78 is 28.5. The lowest BCUT2D eigenvalue weighted by Crippen LogP contribution is -2.54. The Bertz CT molecular complexity index is 2450. The smallest absolute Gasteiger partial charge is 0.264 e. The van der Waals surface area contributed by atoms with Gasteiger partial charge in [-0.15, -0.1) is 0 Å². The SMILES string of the molecule is Cc1cnc(Nc2ccc(N3CCN(C(=O)CCCNc4cccc5c4C(=O)N(C4CCC(=O)NC4=O)C5=O)CC3)cc2)nc1Nc1cccc(S(=O)(=O)NC(C)(C)C)c1. The molecule has 1 atom stereocenters. The lowest BCUT2D eigenvalue weighted by atomic mass is 10.0. The van der Waals surface area contributed by atoms with Gasteiger partial charge >= 0.3 is 0 Å². The van der Waals surface area contributed by atoms with Gasteiger partial charge in [0.2, 0.25) is 33.7 Å². The number of hydrogen-bond acceptors (Lipinski definition) is 13. The molecule has 2 fully saturated rings. The summed E-state index contributed by atoms with van der Waals surface area (Å²) in [6.07, 6.45) is 2.62. The Hall–Kier alpha value is -6.40. The van der Waals surface area contributed by atoms with Crippen molar-refractivity contribution < 1.29 is 32.4 Å². The van der Waals surface area contributed by atoms with E-state index in [4.69, 9.17) is 0 Å². The van der Waals surface area contributed by atoms with Gasteiger partial charge in [0.25, 0.3) is 11.8 Å². The van der Waals surface area contributed by atoms with Crippen LogP contribution in [-0.2, 0) is 24.4 Å². The average Bonchev–Trinajstić information content (AvgIpc) is 3.46. The highest BCUT2D eigenvalue weighted by Gasteiger charge is 2.45. The third-order valence-electron chi connectivity index (χ3n) is 10.3. The normalized spacial score (nSPS) is 17.1. The molecule has 0 spiro atoms. The van der Waals surface area contributed by atoms with E-state index in [0.717, 1.165) is 21.8 Å². The topological polar surface area (TPSA) is 215 Å². The molecule has 1 aromatic heterocycles. The van der Waals surface area contributed by atoms with Gasteiger partial charge in [-0.1, -0.05) is 12.1 Å². The van der Waals surface area contributed by atoms with Crippen LogP contribution in [0.2, 0.25) is 0 Å². The molecule has 3 aliphatic heterocycles. The van der Waals surface area contributed by atoms with Gasteiger partial charge in [-0.3, -0.25) is 34.2 Å². The van der Waals surface area contributed by atoms with Crippen molar-refractivity contribution >= 4 is 74.1 Å². The molecule has 3 aromatic carbocycles. The van der Waals surface area contributed by atoms with E-state index in [1.807, 2.05) is 36.1 Å². The number of fused-ring (bicyclic) bond motifs is 1. The van der Waals surface area contributed by atoms with Crippen molar-refractivity contribution in [2.24, 2.45) is 0 Å². The Morgan fingerprint density at radius 3 is 2.35 bits per heavy atom. The summed E-state index contributed by atoms with van der Waals surface area (Å²) in [6, 6.07) is 18.3.